The molecule has 0 aliphatic carbocycles. The van der Waals surface area contributed by atoms with Crippen molar-refractivity contribution in [2.45, 2.75) is 20.3 Å². The van der Waals surface area contributed by atoms with Crippen LogP contribution in [0.5, 0.6) is 0 Å². The Morgan fingerprint density at radius 3 is 2.55 bits per heavy atom. The van der Waals surface area contributed by atoms with Crippen LogP contribution in [0.2, 0.25) is 0 Å². The number of carboxylic acid groups (broad SMARTS) is 1. The average Bonchev–Trinajstić information content (AvgIpc) is 2.39. The molecule has 1 amide bonds. The number of likely N-dealkylation sites (N-methyl/N-ethyl adjacent to an activating group) is 1. The van der Waals surface area contributed by atoms with Crippen LogP contribution in [0.25, 0.3) is 0 Å². The number of amides is 1. The SMILES string of the molecule is CCN(C[C@H](C)C(=O)O)C(=O)Cc1cc(F)ccc1F. The first-order valence-electron chi connectivity index (χ1n) is 6.29. The summed E-state index contributed by atoms with van der Waals surface area (Å²) in [5, 5.41) is 8.83. The predicted molar refractivity (Wildman–Crippen MR) is 69.1 cm³/mol. The zero-order valence-electron chi connectivity index (χ0n) is 11.4. The Kier molecular flexibility index (Phi) is 5.61. The number of aliphatic carboxylic acids is 1. The predicted octanol–water partition coefficient (Wildman–Crippen LogP) is 2.08. The third-order valence-electron chi connectivity index (χ3n) is 3.00. The maximum absolute atomic E-state index is 13.5. The molecule has 1 atom stereocenters. The Morgan fingerprint density at radius 1 is 1.35 bits per heavy atom. The quantitative estimate of drug-likeness (QED) is 0.870. The summed E-state index contributed by atoms with van der Waals surface area (Å²) in [6.07, 6.45) is -0.288. The first kappa shape index (κ1) is 16.1. The van der Waals surface area contributed by atoms with Crippen LogP contribution >= 0.6 is 0 Å². The molecule has 0 aliphatic heterocycles. The summed E-state index contributed by atoms with van der Waals surface area (Å²) in [5.41, 5.74) is -0.0311. The molecule has 0 heterocycles. The van der Waals surface area contributed by atoms with Crippen molar-refractivity contribution in [1.29, 1.82) is 0 Å². The highest BCUT2D eigenvalue weighted by Crippen LogP contribution is 2.12. The topological polar surface area (TPSA) is 57.6 Å². The van der Waals surface area contributed by atoms with Crippen molar-refractivity contribution in [2.75, 3.05) is 13.1 Å². The molecule has 20 heavy (non-hydrogen) atoms. The molecular weight excluding hydrogens is 268 g/mol. The van der Waals surface area contributed by atoms with Crippen LogP contribution in [0, 0.1) is 17.6 Å². The van der Waals surface area contributed by atoms with Crippen molar-refractivity contribution in [3.63, 3.8) is 0 Å². The van der Waals surface area contributed by atoms with E-state index in [1.807, 2.05) is 0 Å². The van der Waals surface area contributed by atoms with Gasteiger partial charge in [-0.2, -0.15) is 0 Å². The molecule has 1 rings (SSSR count). The average molecular weight is 285 g/mol. The van der Waals surface area contributed by atoms with E-state index in [4.69, 9.17) is 5.11 Å². The Balaban J connectivity index is 2.77. The Bertz CT molecular complexity index is 505. The van der Waals surface area contributed by atoms with E-state index in [-0.39, 0.29) is 18.5 Å². The second-order valence-electron chi connectivity index (χ2n) is 4.58. The third-order valence-corrected chi connectivity index (χ3v) is 3.00. The summed E-state index contributed by atoms with van der Waals surface area (Å²) >= 11 is 0. The third kappa shape index (κ3) is 4.29. The lowest BCUT2D eigenvalue weighted by atomic mass is 10.1. The first-order chi connectivity index (χ1) is 9.35. The van der Waals surface area contributed by atoms with E-state index in [0.29, 0.717) is 6.54 Å². The minimum absolute atomic E-state index is 0.0311. The molecule has 1 aromatic carbocycles. The monoisotopic (exact) mass is 285 g/mol. The van der Waals surface area contributed by atoms with Crippen LogP contribution in [-0.2, 0) is 16.0 Å². The molecule has 0 spiro atoms. The van der Waals surface area contributed by atoms with Gasteiger partial charge in [0.2, 0.25) is 5.91 Å². The minimum Gasteiger partial charge on any atom is -0.481 e. The normalized spacial score (nSPS) is 12.0. The van der Waals surface area contributed by atoms with Crippen LogP contribution in [0.15, 0.2) is 18.2 Å². The summed E-state index contributed by atoms with van der Waals surface area (Å²) in [6.45, 7) is 3.55. The molecule has 1 N–H and O–H groups in total. The van der Waals surface area contributed by atoms with Crippen molar-refractivity contribution in [3.05, 3.63) is 35.4 Å². The summed E-state index contributed by atoms with van der Waals surface area (Å²) in [7, 11) is 0. The highest BCUT2D eigenvalue weighted by atomic mass is 19.1. The Hall–Kier alpha value is -1.98. The van der Waals surface area contributed by atoms with E-state index in [1.165, 1.54) is 11.8 Å². The van der Waals surface area contributed by atoms with Gasteiger partial charge < -0.3 is 10.0 Å². The summed E-state index contributed by atoms with van der Waals surface area (Å²) < 4.78 is 26.5. The fraction of sp³-hybridized carbons (Fsp3) is 0.429. The maximum Gasteiger partial charge on any atom is 0.308 e. The van der Waals surface area contributed by atoms with E-state index in [9.17, 15) is 18.4 Å². The number of carbonyl (C=O) groups is 2. The van der Waals surface area contributed by atoms with Crippen molar-refractivity contribution >= 4 is 11.9 Å². The van der Waals surface area contributed by atoms with E-state index in [0.717, 1.165) is 18.2 Å². The van der Waals surface area contributed by atoms with E-state index < -0.39 is 29.4 Å². The van der Waals surface area contributed by atoms with Gasteiger partial charge in [-0.05, 0) is 25.1 Å². The van der Waals surface area contributed by atoms with Crippen molar-refractivity contribution in [2.24, 2.45) is 5.92 Å². The van der Waals surface area contributed by atoms with E-state index in [1.54, 1.807) is 6.92 Å². The molecule has 0 aliphatic rings. The number of carboxylic acids is 1. The zero-order valence-corrected chi connectivity index (χ0v) is 11.4. The van der Waals surface area contributed by atoms with Crippen LogP contribution in [0.4, 0.5) is 8.78 Å². The second kappa shape index (κ2) is 6.98. The summed E-state index contributed by atoms with van der Waals surface area (Å²) in [5.74, 6) is -3.41. The van der Waals surface area contributed by atoms with Gasteiger partial charge in [0, 0.05) is 18.7 Å². The number of hydrogen-bond donors (Lipinski definition) is 1. The molecule has 0 fully saturated rings. The number of carbonyl (C=O) groups excluding carboxylic acids is 1. The number of benzene rings is 1. The molecular formula is C14H17F2NO3. The Labute approximate surface area is 116 Å². The first-order valence-corrected chi connectivity index (χ1v) is 6.29. The van der Waals surface area contributed by atoms with Crippen LogP contribution in [-0.4, -0.2) is 35.0 Å². The summed E-state index contributed by atoms with van der Waals surface area (Å²) in [4.78, 5) is 24.1. The molecule has 110 valence electrons. The van der Waals surface area contributed by atoms with Gasteiger partial charge in [-0.25, -0.2) is 8.78 Å². The highest BCUT2D eigenvalue weighted by molar-refractivity contribution is 5.79. The van der Waals surface area contributed by atoms with Crippen LogP contribution < -0.4 is 0 Å². The van der Waals surface area contributed by atoms with Gasteiger partial charge in [-0.1, -0.05) is 6.92 Å². The smallest absolute Gasteiger partial charge is 0.308 e. The molecule has 6 heteroatoms. The molecule has 0 bridgehead atoms. The largest absolute Gasteiger partial charge is 0.481 e. The number of rotatable bonds is 6. The van der Waals surface area contributed by atoms with Crippen molar-refractivity contribution in [1.82, 2.24) is 4.90 Å². The van der Waals surface area contributed by atoms with Gasteiger partial charge in [-0.3, -0.25) is 9.59 Å². The van der Waals surface area contributed by atoms with Gasteiger partial charge in [0.1, 0.15) is 11.6 Å². The number of halogens is 2. The van der Waals surface area contributed by atoms with E-state index in [2.05, 4.69) is 0 Å². The standard InChI is InChI=1S/C14H17F2NO3/c1-3-17(8-9(2)14(19)20)13(18)7-10-6-11(15)4-5-12(10)16/h4-6,9H,3,7-8H2,1-2H3,(H,19,20)/t9-/m0/s1. The van der Waals surface area contributed by atoms with Crippen molar-refractivity contribution in [3.8, 4) is 0 Å². The second-order valence-corrected chi connectivity index (χ2v) is 4.58. The van der Waals surface area contributed by atoms with Gasteiger partial charge in [-0.15, -0.1) is 0 Å². The molecule has 0 saturated carbocycles. The Morgan fingerprint density at radius 2 is 2.00 bits per heavy atom. The van der Waals surface area contributed by atoms with Crippen molar-refractivity contribution < 1.29 is 23.5 Å². The molecule has 0 saturated heterocycles. The van der Waals surface area contributed by atoms with Gasteiger partial charge in [0.05, 0.1) is 12.3 Å². The van der Waals surface area contributed by atoms with Crippen LogP contribution in [0.3, 0.4) is 0 Å². The van der Waals surface area contributed by atoms with Gasteiger partial charge in [0.15, 0.2) is 0 Å². The molecule has 1 aromatic rings. The lowest BCUT2D eigenvalue weighted by Crippen LogP contribution is -2.37. The highest BCUT2D eigenvalue weighted by Gasteiger charge is 2.20. The zero-order chi connectivity index (χ0) is 15.3. The fourth-order valence-corrected chi connectivity index (χ4v) is 1.77. The van der Waals surface area contributed by atoms with E-state index >= 15 is 0 Å². The molecule has 0 unspecified atom stereocenters. The van der Waals surface area contributed by atoms with Crippen LogP contribution in [0.1, 0.15) is 19.4 Å². The maximum atomic E-state index is 13.5. The molecule has 0 radical (unpaired) electrons. The summed E-state index contributed by atoms with van der Waals surface area (Å²) in [6, 6.07) is 2.92. The number of nitrogens with zero attached hydrogens (tertiary/aromatic N) is 1. The number of hydrogen-bond acceptors (Lipinski definition) is 2. The lowest BCUT2D eigenvalue weighted by Gasteiger charge is -2.23. The molecule has 0 aromatic heterocycles. The fourth-order valence-electron chi connectivity index (χ4n) is 1.77. The molecule has 4 nitrogen and oxygen atoms in total. The van der Waals surface area contributed by atoms with Gasteiger partial charge in [0.25, 0.3) is 0 Å². The minimum atomic E-state index is -1.01. The van der Waals surface area contributed by atoms with Gasteiger partial charge >= 0.3 is 5.97 Å². The lowest BCUT2D eigenvalue weighted by molar-refractivity contribution is -0.142.